The van der Waals surface area contributed by atoms with E-state index in [-0.39, 0.29) is 58.0 Å². The number of aliphatic carboxylic acids is 4. The number of carbonyl (C=O) groups is 23. The molecule has 0 bridgehead atoms. The molecule has 36 N–H and O–H groups in total. The number of nitrogens with two attached hydrogens (primary N) is 7. The number of amides is 19. The summed E-state index contributed by atoms with van der Waals surface area (Å²) in [5, 5.41) is 104. The van der Waals surface area contributed by atoms with Crippen LogP contribution < -0.4 is 120 Å². The van der Waals surface area contributed by atoms with E-state index in [1.165, 1.54) is 31.2 Å². The van der Waals surface area contributed by atoms with Crippen molar-refractivity contribution in [2.24, 2.45) is 52.0 Å². The number of rotatable bonds is 67. The first-order chi connectivity index (χ1) is 61.1. The Bertz CT molecular complexity index is 4080. The van der Waals surface area contributed by atoms with E-state index < -0.39 is 347 Å². The van der Waals surface area contributed by atoms with Gasteiger partial charge in [0, 0.05) is 37.9 Å². The highest BCUT2D eigenvalue weighted by molar-refractivity contribution is 7.80. The Morgan fingerprint density at radius 2 is 0.615 bits per heavy atom. The number of carboxylic acid groups (broad SMARTS) is 4. The van der Waals surface area contributed by atoms with Crippen LogP contribution in [0.4, 0.5) is 0 Å². The molecule has 0 saturated heterocycles. The van der Waals surface area contributed by atoms with E-state index in [0.717, 1.165) is 0 Å². The maximum absolute atomic E-state index is 14.7. The number of nitrogens with one attached hydrogen (secondary N) is 15. The molecule has 53 heteroatoms. The molecule has 130 heavy (non-hydrogen) atoms. The summed E-state index contributed by atoms with van der Waals surface area (Å²) in [6.07, 6.45) is -9.56. The van der Waals surface area contributed by atoms with Crippen LogP contribution in [0.3, 0.4) is 0 Å². The molecule has 0 aromatic heterocycles. The van der Waals surface area contributed by atoms with Crippen molar-refractivity contribution >= 4 is 149 Å². The highest BCUT2D eigenvalue weighted by Crippen LogP contribution is 2.16. The Kier molecular flexibility index (Phi) is 53.9. The number of unbranched alkanes of at least 4 members (excludes halogenated alkanes) is 2. The lowest BCUT2D eigenvalue weighted by Crippen LogP contribution is -2.62. The second-order valence-electron chi connectivity index (χ2n) is 30.6. The molecule has 1 rings (SSSR count). The quantitative estimate of drug-likeness (QED) is 0.0213. The molecule has 0 spiro atoms. The monoisotopic (exact) mass is 1870 g/mol. The fourth-order valence-electron chi connectivity index (χ4n) is 12.1. The van der Waals surface area contributed by atoms with Gasteiger partial charge in [0.2, 0.25) is 112 Å². The lowest BCUT2D eigenvalue weighted by molar-refractivity contribution is -0.142. The topological polar surface area (TPSA) is 897 Å². The average Bonchev–Trinajstić information content (AvgIpc) is 0.851. The standard InChI is InChI=1S/C77H124N22O30S/c1-5-37(4)61(76(127)90-42(17-21-54(81)103)68(119)98-53(35-130)77(128)129)99-72(123)49(31-57(84)106)94-67(118)45(20-24-60(111)112)88-65(116)43(18-22-58(107)108)89-71(122)48(30-56(83)105)93-66(117)44(19-23-59(109)110)87-63(114)41(16-10-12-26-79)86-70(121)47(28-38-13-7-6-8-14-38)92-74(125)51(33-101)97-75(126)52(34-102)96-69(120)46(27-36(2)3)91-73(124)50(32-100)95-64(115)40(15-9-11-25-78)85-62(113)39(80)29-55(82)104/h6-8,13-14,36-37,39-53,61,100-102,130H,5,9-12,15-35,78-80H2,1-4H3,(H2,81,103)(H2,82,104)(H2,83,105)(H2,84,106)(H,85,113)(H,86,121)(H,87,114)(H,88,116)(H,89,122)(H,90,127)(H,91,124)(H,92,125)(H,93,117)(H,94,118)(H,95,115)(H,96,120)(H,97,126)(H,98,119)(H,99,123)(H,107,108)(H,109,110)(H,111,112)(H,128,129)/t37-,39-,40-,41-,42-,43-,44-,45-,46-,47-,48-,49-,50-,51-,52-,53-,61-/m0/s1. The van der Waals surface area contributed by atoms with Crippen molar-refractivity contribution in [2.45, 2.75) is 253 Å². The smallest absolute Gasteiger partial charge is 0.327 e. The van der Waals surface area contributed by atoms with E-state index in [9.17, 15) is 146 Å². The SMILES string of the molecule is CC[C@H](C)[C@H](NC(=O)[C@H](CC(N)=O)NC(=O)[C@H](CCC(=O)O)NC(=O)[C@H](CCC(=O)O)NC(=O)[C@H](CC(N)=O)NC(=O)[C@H](CCC(=O)O)NC(=O)[C@H](CCCCN)NC(=O)[C@H](Cc1ccccc1)NC(=O)[C@H](CO)NC(=O)[C@H](CO)NC(=O)[C@H](CC(C)C)NC(=O)[C@H](CO)NC(=O)[C@H](CCCCN)NC(=O)[C@@H](N)CC(N)=O)C(=O)N[C@@H](CCC(N)=O)C(=O)N[C@@H](CS)C(=O)O. The van der Waals surface area contributed by atoms with Gasteiger partial charge in [-0.2, -0.15) is 12.6 Å². The number of aliphatic hydroxyl groups is 3. The van der Waals surface area contributed by atoms with Gasteiger partial charge >= 0.3 is 23.9 Å². The number of carbonyl (C=O) groups excluding carboxylic acids is 19. The zero-order valence-electron chi connectivity index (χ0n) is 72.2. The molecule has 52 nitrogen and oxygen atoms in total. The molecule has 1 aromatic rings. The molecule has 17 atom stereocenters. The third-order valence-electron chi connectivity index (χ3n) is 19.4. The van der Waals surface area contributed by atoms with Crippen LogP contribution in [0, 0.1) is 11.8 Å². The van der Waals surface area contributed by atoms with Gasteiger partial charge in [-0.3, -0.25) is 105 Å². The molecule has 0 aliphatic heterocycles. The van der Waals surface area contributed by atoms with Crippen molar-refractivity contribution in [2.75, 3.05) is 38.7 Å². The van der Waals surface area contributed by atoms with E-state index in [1.54, 1.807) is 26.8 Å². The lowest BCUT2D eigenvalue weighted by atomic mass is 9.96. The summed E-state index contributed by atoms with van der Waals surface area (Å²) >= 11 is 3.89. The third-order valence-corrected chi connectivity index (χ3v) is 19.8. The van der Waals surface area contributed by atoms with E-state index in [0.29, 0.717) is 12.0 Å². The second-order valence-corrected chi connectivity index (χ2v) is 31.0. The Balaban J connectivity index is 3.79. The van der Waals surface area contributed by atoms with Gasteiger partial charge in [0.05, 0.1) is 45.1 Å². The van der Waals surface area contributed by atoms with E-state index in [2.05, 4.69) is 92.4 Å². The highest BCUT2D eigenvalue weighted by Gasteiger charge is 2.41. The number of benzene rings is 1. The lowest BCUT2D eigenvalue weighted by Gasteiger charge is -2.29. The molecule has 0 heterocycles. The fourth-order valence-corrected chi connectivity index (χ4v) is 12.4. The summed E-state index contributed by atoms with van der Waals surface area (Å²) in [5.74, 6) is -31.6. The minimum atomic E-state index is -2.25. The van der Waals surface area contributed by atoms with Gasteiger partial charge in [-0.05, 0) is 101 Å². The van der Waals surface area contributed by atoms with Crippen molar-refractivity contribution in [1.82, 2.24) is 79.8 Å². The molecule has 728 valence electrons. The fraction of sp³-hybridized carbons (Fsp3) is 0.623. The Morgan fingerprint density at radius 1 is 0.331 bits per heavy atom. The van der Waals surface area contributed by atoms with Crippen molar-refractivity contribution < 1.29 is 146 Å². The first kappa shape index (κ1) is 115. The van der Waals surface area contributed by atoms with Crippen LogP contribution >= 0.6 is 12.6 Å². The van der Waals surface area contributed by atoms with Gasteiger partial charge in [-0.1, -0.05) is 64.4 Å². The largest absolute Gasteiger partial charge is 0.481 e. The highest BCUT2D eigenvalue weighted by atomic mass is 32.1. The van der Waals surface area contributed by atoms with Gasteiger partial charge in [-0.15, -0.1) is 0 Å². The number of carboxylic acids is 4. The van der Waals surface area contributed by atoms with Crippen LogP contribution in [0.2, 0.25) is 0 Å². The summed E-state index contributed by atoms with van der Waals surface area (Å²) < 4.78 is 0. The van der Waals surface area contributed by atoms with E-state index in [4.69, 9.17) is 40.1 Å². The van der Waals surface area contributed by atoms with Crippen molar-refractivity contribution in [3.05, 3.63) is 35.9 Å². The van der Waals surface area contributed by atoms with Gasteiger partial charge in [0.15, 0.2) is 0 Å². The summed E-state index contributed by atoms with van der Waals surface area (Å²) in [6, 6.07) is -21.8. The van der Waals surface area contributed by atoms with Gasteiger partial charge in [0.25, 0.3) is 0 Å². The number of aliphatic hydroxyl groups excluding tert-OH is 3. The van der Waals surface area contributed by atoms with Crippen molar-refractivity contribution in [1.29, 1.82) is 0 Å². The molecule has 0 saturated carbocycles. The summed E-state index contributed by atoms with van der Waals surface area (Å²) in [7, 11) is 0. The van der Waals surface area contributed by atoms with E-state index >= 15 is 0 Å². The Morgan fingerprint density at radius 3 is 0.938 bits per heavy atom. The molecular formula is C77H124N22O30S. The van der Waals surface area contributed by atoms with Gasteiger partial charge in [0.1, 0.15) is 90.6 Å². The minimum Gasteiger partial charge on any atom is -0.481 e. The number of primary amides is 4. The van der Waals surface area contributed by atoms with Crippen LogP contribution in [0.1, 0.15) is 155 Å². The van der Waals surface area contributed by atoms with Gasteiger partial charge in [-0.25, -0.2) is 4.79 Å². The molecule has 0 unspecified atom stereocenters. The normalized spacial score (nSPS) is 15.0. The maximum atomic E-state index is 14.7. The number of hydrogen-bond donors (Lipinski definition) is 30. The van der Waals surface area contributed by atoms with Crippen LogP contribution in [-0.2, 0) is 117 Å². The molecule has 0 aliphatic rings. The molecule has 0 radical (unpaired) electrons. The molecule has 19 amide bonds. The first-order valence-electron chi connectivity index (χ1n) is 41.3. The Hall–Kier alpha value is -12.9. The van der Waals surface area contributed by atoms with Crippen LogP contribution in [0.5, 0.6) is 0 Å². The molecular weight excluding hydrogens is 1750 g/mol. The third kappa shape index (κ3) is 44.7. The van der Waals surface area contributed by atoms with Crippen molar-refractivity contribution in [3.8, 4) is 0 Å². The molecule has 1 aromatic carbocycles. The van der Waals surface area contributed by atoms with Crippen LogP contribution in [0.25, 0.3) is 0 Å². The average molecular weight is 1870 g/mol. The number of hydrogen-bond acceptors (Lipinski definition) is 30. The maximum Gasteiger partial charge on any atom is 0.327 e. The summed E-state index contributed by atoms with van der Waals surface area (Å²) in [6.45, 7) is 2.88. The summed E-state index contributed by atoms with van der Waals surface area (Å²) in [5.41, 5.74) is 38.8. The summed E-state index contributed by atoms with van der Waals surface area (Å²) in [4.78, 5) is 306. The number of thiol groups is 1. The van der Waals surface area contributed by atoms with Gasteiger partial charge < -0.3 is 156 Å². The zero-order chi connectivity index (χ0) is 98.8. The predicted molar refractivity (Wildman–Crippen MR) is 455 cm³/mol. The van der Waals surface area contributed by atoms with Crippen LogP contribution in [0.15, 0.2) is 30.3 Å². The molecule has 0 aliphatic carbocycles. The first-order valence-corrected chi connectivity index (χ1v) is 41.9. The Labute approximate surface area is 750 Å². The minimum absolute atomic E-state index is 0.00120. The van der Waals surface area contributed by atoms with Crippen molar-refractivity contribution in [3.63, 3.8) is 0 Å². The van der Waals surface area contributed by atoms with E-state index in [1.807, 2.05) is 0 Å². The molecule has 0 fully saturated rings. The second kappa shape index (κ2) is 60.8. The zero-order valence-corrected chi connectivity index (χ0v) is 73.1. The predicted octanol–water partition coefficient (Wildman–Crippen LogP) is -12.3. The van der Waals surface area contributed by atoms with Crippen LogP contribution in [-0.4, -0.2) is 307 Å².